The molecule has 0 aliphatic rings. The second-order valence-corrected chi connectivity index (χ2v) is 4.00. The maximum absolute atomic E-state index is 10.7. The van der Waals surface area contributed by atoms with Gasteiger partial charge < -0.3 is 4.90 Å². The molecule has 0 fully saturated rings. The van der Waals surface area contributed by atoms with Crippen LogP contribution >= 0.6 is 0 Å². The zero-order chi connectivity index (χ0) is 12.1. The number of rotatable bonds is 5. The van der Waals surface area contributed by atoms with E-state index in [4.69, 9.17) is 0 Å². The summed E-state index contributed by atoms with van der Waals surface area (Å²) in [5.74, 6) is 0. The van der Waals surface area contributed by atoms with Gasteiger partial charge in [-0.1, -0.05) is 13.3 Å². The number of nitro benzene ring substituents is 1. The Labute approximate surface area is 96.0 Å². The molecule has 0 atom stereocenters. The summed E-state index contributed by atoms with van der Waals surface area (Å²) in [6, 6.07) is 5.25. The van der Waals surface area contributed by atoms with Gasteiger partial charge in [0.1, 0.15) is 0 Å². The van der Waals surface area contributed by atoms with Crippen LogP contribution in [0, 0.1) is 17.0 Å². The van der Waals surface area contributed by atoms with Gasteiger partial charge in [0.2, 0.25) is 0 Å². The third-order valence-corrected chi connectivity index (χ3v) is 2.66. The number of nitro groups is 1. The van der Waals surface area contributed by atoms with Gasteiger partial charge >= 0.3 is 0 Å². The zero-order valence-corrected chi connectivity index (χ0v) is 10.1. The number of unbranched alkanes of at least 4 members (excludes halogenated alkanes) is 1. The number of hydrogen-bond donors (Lipinski definition) is 0. The van der Waals surface area contributed by atoms with Crippen molar-refractivity contribution in [2.24, 2.45) is 0 Å². The zero-order valence-electron chi connectivity index (χ0n) is 10.1. The fourth-order valence-corrected chi connectivity index (χ4v) is 1.61. The standard InChI is InChI=1S/C12H18N2O2/c1-4-5-8-13(3)11-6-7-12(14(15)16)10(2)9-11/h6-7,9H,4-5,8H2,1-3H3. The highest BCUT2D eigenvalue weighted by Gasteiger charge is 2.11. The molecule has 0 amide bonds. The SMILES string of the molecule is CCCCN(C)c1ccc([N+](=O)[O-])c(C)c1. The van der Waals surface area contributed by atoms with E-state index >= 15 is 0 Å². The third kappa shape index (κ3) is 2.95. The third-order valence-electron chi connectivity index (χ3n) is 2.66. The van der Waals surface area contributed by atoms with Gasteiger partial charge in [-0.2, -0.15) is 0 Å². The molecule has 1 aromatic rings. The maximum atomic E-state index is 10.7. The van der Waals surface area contributed by atoms with Gasteiger partial charge in [0.25, 0.3) is 5.69 Å². The minimum atomic E-state index is -0.342. The molecule has 1 rings (SSSR count). The number of benzene rings is 1. The first-order chi connectivity index (χ1) is 7.56. The van der Waals surface area contributed by atoms with Crippen LogP contribution < -0.4 is 4.90 Å². The van der Waals surface area contributed by atoms with Gasteiger partial charge in [-0.3, -0.25) is 10.1 Å². The molecule has 0 bridgehead atoms. The summed E-state index contributed by atoms with van der Waals surface area (Å²) in [4.78, 5) is 12.5. The molecule has 0 N–H and O–H groups in total. The largest absolute Gasteiger partial charge is 0.375 e. The first-order valence-electron chi connectivity index (χ1n) is 5.52. The van der Waals surface area contributed by atoms with Gasteiger partial charge in [0, 0.05) is 30.9 Å². The molecule has 0 radical (unpaired) electrons. The van der Waals surface area contributed by atoms with Crippen LogP contribution in [0.5, 0.6) is 0 Å². The van der Waals surface area contributed by atoms with Crippen molar-refractivity contribution < 1.29 is 4.92 Å². The lowest BCUT2D eigenvalue weighted by atomic mass is 10.1. The average molecular weight is 222 g/mol. The van der Waals surface area contributed by atoms with Gasteiger partial charge in [0.05, 0.1) is 4.92 Å². The fraction of sp³-hybridized carbons (Fsp3) is 0.500. The van der Waals surface area contributed by atoms with Crippen LogP contribution in [0.3, 0.4) is 0 Å². The van der Waals surface area contributed by atoms with E-state index in [1.54, 1.807) is 19.1 Å². The van der Waals surface area contributed by atoms with Crippen molar-refractivity contribution in [3.05, 3.63) is 33.9 Å². The molecule has 4 nitrogen and oxygen atoms in total. The van der Waals surface area contributed by atoms with E-state index in [0.29, 0.717) is 5.56 Å². The van der Waals surface area contributed by atoms with Crippen LogP contribution in [-0.2, 0) is 0 Å². The van der Waals surface area contributed by atoms with E-state index < -0.39 is 0 Å². The minimum Gasteiger partial charge on any atom is -0.375 e. The molecule has 0 aliphatic carbocycles. The van der Waals surface area contributed by atoms with Gasteiger partial charge in [-0.25, -0.2) is 0 Å². The van der Waals surface area contributed by atoms with Crippen LogP contribution in [0.2, 0.25) is 0 Å². The highest BCUT2D eigenvalue weighted by Crippen LogP contribution is 2.23. The van der Waals surface area contributed by atoms with E-state index in [-0.39, 0.29) is 10.6 Å². The molecular weight excluding hydrogens is 204 g/mol. The lowest BCUT2D eigenvalue weighted by molar-refractivity contribution is -0.385. The monoisotopic (exact) mass is 222 g/mol. The summed E-state index contributed by atoms with van der Waals surface area (Å²) >= 11 is 0. The van der Waals surface area contributed by atoms with Gasteiger partial charge in [-0.15, -0.1) is 0 Å². The summed E-state index contributed by atoms with van der Waals surface area (Å²) < 4.78 is 0. The predicted molar refractivity (Wildman–Crippen MR) is 66.0 cm³/mol. The molecule has 1 aromatic carbocycles. The van der Waals surface area contributed by atoms with Crippen LogP contribution in [-0.4, -0.2) is 18.5 Å². The minimum absolute atomic E-state index is 0.188. The normalized spacial score (nSPS) is 10.2. The number of hydrogen-bond acceptors (Lipinski definition) is 3. The van der Waals surface area contributed by atoms with E-state index in [9.17, 15) is 10.1 Å². The Morgan fingerprint density at radius 2 is 2.12 bits per heavy atom. The van der Waals surface area contributed by atoms with Crippen LogP contribution in [0.4, 0.5) is 11.4 Å². The molecule has 0 saturated heterocycles. The van der Waals surface area contributed by atoms with Crippen molar-refractivity contribution in [1.82, 2.24) is 0 Å². The summed E-state index contributed by atoms with van der Waals surface area (Å²) in [7, 11) is 2.01. The molecule has 0 spiro atoms. The molecule has 0 saturated carbocycles. The summed E-state index contributed by atoms with van der Waals surface area (Å²) in [5.41, 5.74) is 1.94. The van der Waals surface area contributed by atoms with E-state index in [2.05, 4.69) is 11.8 Å². The molecule has 4 heteroatoms. The number of aryl methyl sites for hydroxylation is 1. The quantitative estimate of drug-likeness (QED) is 0.568. The van der Waals surface area contributed by atoms with Crippen molar-refractivity contribution in [3.8, 4) is 0 Å². The highest BCUT2D eigenvalue weighted by atomic mass is 16.6. The molecule has 16 heavy (non-hydrogen) atoms. The average Bonchev–Trinajstić information content (AvgIpc) is 2.25. The summed E-state index contributed by atoms with van der Waals surface area (Å²) in [6.07, 6.45) is 2.28. The fourth-order valence-electron chi connectivity index (χ4n) is 1.61. The van der Waals surface area contributed by atoms with Crippen LogP contribution in [0.1, 0.15) is 25.3 Å². The molecule has 0 unspecified atom stereocenters. The van der Waals surface area contributed by atoms with E-state index in [1.807, 2.05) is 13.1 Å². The van der Waals surface area contributed by atoms with Gasteiger partial charge in [0.15, 0.2) is 0 Å². The first-order valence-corrected chi connectivity index (χ1v) is 5.52. The summed E-state index contributed by atoms with van der Waals surface area (Å²) in [5, 5.41) is 10.7. The van der Waals surface area contributed by atoms with Crippen molar-refractivity contribution in [2.75, 3.05) is 18.5 Å². The topological polar surface area (TPSA) is 46.4 Å². The Kier molecular flexibility index (Phi) is 4.28. The molecule has 0 aromatic heterocycles. The Bertz CT molecular complexity index is 377. The lowest BCUT2D eigenvalue weighted by Crippen LogP contribution is -2.18. The van der Waals surface area contributed by atoms with Crippen molar-refractivity contribution in [1.29, 1.82) is 0 Å². The van der Waals surface area contributed by atoms with E-state index in [1.165, 1.54) is 0 Å². The molecule has 88 valence electrons. The smallest absolute Gasteiger partial charge is 0.272 e. The number of anilines is 1. The molecule has 0 heterocycles. The summed E-state index contributed by atoms with van der Waals surface area (Å²) in [6.45, 7) is 4.90. The molecule has 0 aliphatic heterocycles. The Morgan fingerprint density at radius 3 is 2.62 bits per heavy atom. The first kappa shape index (κ1) is 12.5. The second-order valence-electron chi connectivity index (χ2n) is 4.00. The maximum Gasteiger partial charge on any atom is 0.272 e. The highest BCUT2D eigenvalue weighted by molar-refractivity contribution is 5.54. The Morgan fingerprint density at radius 1 is 1.44 bits per heavy atom. The van der Waals surface area contributed by atoms with Crippen molar-refractivity contribution in [2.45, 2.75) is 26.7 Å². The van der Waals surface area contributed by atoms with Crippen molar-refractivity contribution >= 4 is 11.4 Å². The van der Waals surface area contributed by atoms with Gasteiger partial charge in [-0.05, 0) is 25.5 Å². The second kappa shape index (κ2) is 5.49. The molecular formula is C12H18N2O2. The number of nitrogens with zero attached hydrogens (tertiary/aromatic N) is 2. The Hall–Kier alpha value is -1.58. The lowest BCUT2D eigenvalue weighted by Gasteiger charge is -2.19. The van der Waals surface area contributed by atoms with Crippen LogP contribution in [0.25, 0.3) is 0 Å². The van der Waals surface area contributed by atoms with Crippen molar-refractivity contribution in [3.63, 3.8) is 0 Å². The van der Waals surface area contributed by atoms with Crippen LogP contribution in [0.15, 0.2) is 18.2 Å². The Balaban J connectivity index is 2.84. The predicted octanol–water partition coefficient (Wildman–Crippen LogP) is 3.14. The van der Waals surface area contributed by atoms with E-state index in [0.717, 1.165) is 25.1 Å².